The zero-order chi connectivity index (χ0) is 8.86. The molecule has 0 aromatic rings. The summed E-state index contributed by atoms with van der Waals surface area (Å²) < 4.78 is 5.64. The van der Waals surface area contributed by atoms with Crippen molar-refractivity contribution in [3.05, 3.63) is 0 Å². The molecule has 1 aliphatic rings. The van der Waals surface area contributed by atoms with Crippen LogP contribution in [0.15, 0.2) is 0 Å². The first kappa shape index (κ1) is 9.50. The predicted octanol–water partition coefficient (Wildman–Crippen LogP) is 1.06. The average molecular weight is 168 g/mol. The van der Waals surface area contributed by atoms with Crippen LogP contribution in [0.4, 0.5) is 0 Å². The Balaban J connectivity index is 1.92. The van der Waals surface area contributed by atoms with Gasteiger partial charge in [0.25, 0.3) is 0 Å². The smallest absolute Gasteiger partial charge is 0.0901 e. The van der Waals surface area contributed by atoms with E-state index >= 15 is 0 Å². The molecule has 1 rings (SSSR count). The lowest BCUT2D eigenvalue weighted by atomic mass is 10.0. The highest BCUT2D eigenvalue weighted by Crippen LogP contribution is 2.15. The lowest BCUT2D eigenvalue weighted by molar-refractivity contribution is -0.0675. The van der Waals surface area contributed by atoms with Crippen molar-refractivity contribution >= 4 is 0 Å². The highest BCUT2D eigenvalue weighted by molar-refractivity contribution is 4.89. The van der Waals surface area contributed by atoms with Crippen LogP contribution >= 0.6 is 0 Å². The van der Waals surface area contributed by atoms with E-state index in [4.69, 9.17) is 10.00 Å². The molecule has 0 amide bonds. The van der Waals surface area contributed by atoms with Crippen molar-refractivity contribution in [1.82, 2.24) is 5.32 Å². The van der Waals surface area contributed by atoms with Crippen LogP contribution in [0.1, 0.15) is 26.2 Å². The van der Waals surface area contributed by atoms with Crippen LogP contribution in [0, 0.1) is 11.3 Å². The molecule has 0 aromatic heterocycles. The van der Waals surface area contributed by atoms with E-state index in [-0.39, 0.29) is 5.60 Å². The number of hydrogen-bond acceptors (Lipinski definition) is 3. The van der Waals surface area contributed by atoms with Gasteiger partial charge in [-0.2, -0.15) is 5.26 Å². The van der Waals surface area contributed by atoms with Crippen LogP contribution in [0.25, 0.3) is 0 Å². The fourth-order valence-electron chi connectivity index (χ4n) is 1.20. The van der Waals surface area contributed by atoms with Crippen LogP contribution in [-0.4, -0.2) is 25.3 Å². The van der Waals surface area contributed by atoms with Crippen molar-refractivity contribution in [2.75, 3.05) is 19.7 Å². The molecular formula is C9H16N2O. The van der Waals surface area contributed by atoms with Gasteiger partial charge >= 0.3 is 0 Å². The molecule has 68 valence electrons. The Morgan fingerprint density at radius 2 is 2.25 bits per heavy atom. The first-order valence-electron chi connectivity index (χ1n) is 4.48. The molecule has 0 bridgehead atoms. The van der Waals surface area contributed by atoms with Gasteiger partial charge in [0.05, 0.1) is 11.7 Å². The van der Waals surface area contributed by atoms with Crippen molar-refractivity contribution < 1.29 is 4.74 Å². The Morgan fingerprint density at radius 1 is 1.50 bits per heavy atom. The monoisotopic (exact) mass is 168 g/mol. The molecule has 0 spiro atoms. The highest BCUT2D eigenvalue weighted by Gasteiger charge is 2.31. The average Bonchev–Trinajstić information content (AvgIpc) is 2.01. The molecular weight excluding hydrogens is 152 g/mol. The molecule has 1 N–H and O–H groups in total. The molecule has 3 nitrogen and oxygen atoms in total. The van der Waals surface area contributed by atoms with E-state index in [1.165, 1.54) is 0 Å². The summed E-state index contributed by atoms with van der Waals surface area (Å²) in [6.45, 7) is 4.84. The number of nitrogens with zero attached hydrogens (tertiary/aromatic N) is 1. The van der Waals surface area contributed by atoms with Gasteiger partial charge in [0.2, 0.25) is 0 Å². The third kappa shape index (κ3) is 2.80. The standard InChI is InChI=1S/C9H16N2O/c1-9(7-11-8-9)12-6-4-2-3-5-10/h11H,2-4,6-8H2,1H3. The summed E-state index contributed by atoms with van der Waals surface area (Å²) in [6.07, 6.45) is 2.61. The lowest BCUT2D eigenvalue weighted by Gasteiger charge is -2.39. The fraction of sp³-hybridized carbons (Fsp3) is 0.889. The van der Waals surface area contributed by atoms with Gasteiger partial charge in [-0.25, -0.2) is 0 Å². The van der Waals surface area contributed by atoms with Gasteiger partial charge in [-0.3, -0.25) is 0 Å². The number of rotatable bonds is 5. The van der Waals surface area contributed by atoms with E-state index < -0.39 is 0 Å². The highest BCUT2D eigenvalue weighted by atomic mass is 16.5. The van der Waals surface area contributed by atoms with Gasteiger partial charge in [0.15, 0.2) is 0 Å². The minimum atomic E-state index is 0.0760. The number of ether oxygens (including phenoxy) is 1. The van der Waals surface area contributed by atoms with Crippen LogP contribution in [-0.2, 0) is 4.74 Å². The molecule has 0 saturated carbocycles. The maximum atomic E-state index is 8.28. The third-order valence-corrected chi connectivity index (χ3v) is 2.13. The third-order valence-electron chi connectivity index (χ3n) is 2.13. The summed E-state index contributed by atoms with van der Waals surface area (Å²) in [4.78, 5) is 0. The number of nitriles is 1. The Morgan fingerprint density at radius 3 is 2.75 bits per heavy atom. The quantitative estimate of drug-likeness (QED) is 0.624. The molecule has 0 aliphatic carbocycles. The van der Waals surface area contributed by atoms with Crippen molar-refractivity contribution in [2.45, 2.75) is 31.8 Å². The Hall–Kier alpha value is -0.590. The maximum absolute atomic E-state index is 8.28. The summed E-state index contributed by atoms with van der Waals surface area (Å²) in [7, 11) is 0. The van der Waals surface area contributed by atoms with Crippen molar-refractivity contribution in [3.8, 4) is 6.07 Å². The molecule has 1 saturated heterocycles. The largest absolute Gasteiger partial charge is 0.373 e. The van der Waals surface area contributed by atoms with Crippen LogP contribution in [0.2, 0.25) is 0 Å². The van der Waals surface area contributed by atoms with Crippen LogP contribution < -0.4 is 5.32 Å². The van der Waals surface area contributed by atoms with E-state index in [0.717, 1.165) is 32.5 Å². The Bertz CT molecular complexity index is 170. The molecule has 1 fully saturated rings. The van der Waals surface area contributed by atoms with E-state index in [1.54, 1.807) is 0 Å². The molecule has 0 radical (unpaired) electrons. The summed E-state index contributed by atoms with van der Waals surface area (Å²) in [5.41, 5.74) is 0.0760. The van der Waals surface area contributed by atoms with E-state index in [2.05, 4.69) is 18.3 Å². The van der Waals surface area contributed by atoms with E-state index in [1.807, 2.05) is 0 Å². The second-order valence-corrected chi connectivity index (χ2v) is 3.52. The molecule has 3 heteroatoms. The lowest BCUT2D eigenvalue weighted by Crippen LogP contribution is -2.59. The van der Waals surface area contributed by atoms with Gasteiger partial charge < -0.3 is 10.1 Å². The molecule has 0 aromatic carbocycles. The summed E-state index contributed by atoms with van der Waals surface area (Å²) in [5.74, 6) is 0. The maximum Gasteiger partial charge on any atom is 0.0901 e. The van der Waals surface area contributed by atoms with Crippen molar-refractivity contribution in [1.29, 1.82) is 5.26 Å². The topological polar surface area (TPSA) is 45.0 Å². The normalized spacial score (nSPS) is 19.7. The minimum Gasteiger partial charge on any atom is -0.373 e. The zero-order valence-corrected chi connectivity index (χ0v) is 7.60. The summed E-state index contributed by atoms with van der Waals surface area (Å²) in [5, 5.41) is 11.5. The Labute approximate surface area is 73.7 Å². The molecule has 0 unspecified atom stereocenters. The fourth-order valence-corrected chi connectivity index (χ4v) is 1.20. The molecule has 12 heavy (non-hydrogen) atoms. The summed E-state index contributed by atoms with van der Waals surface area (Å²) in [6, 6.07) is 2.13. The predicted molar refractivity (Wildman–Crippen MR) is 46.7 cm³/mol. The van der Waals surface area contributed by atoms with Crippen LogP contribution in [0.5, 0.6) is 0 Å². The minimum absolute atomic E-state index is 0.0760. The summed E-state index contributed by atoms with van der Waals surface area (Å²) >= 11 is 0. The SMILES string of the molecule is CC1(OCCCCC#N)CNC1. The second-order valence-electron chi connectivity index (χ2n) is 3.52. The number of unbranched alkanes of at least 4 members (excludes halogenated alkanes) is 2. The molecule has 1 aliphatic heterocycles. The molecule has 1 heterocycles. The molecule has 0 atom stereocenters. The van der Waals surface area contributed by atoms with Gasteiger partial charge in [-0.15, -0.1) is 0 Å². The van der Waals surface area contributed by atoms with Gasteiger partial charge in [-0.1, -0.05) is 0 Å². The number of hydrogen-bond donors (Lipinski definition) is 1. The van der Waals surface area contributed by atoms with E-state index in [9.17, 15) is 0 Å². The first-order valence-corrected chi connectivity index (χ1v) is 4.48. The van der Waals surface area contributed by atoms with Gasteiger partial charge in [-0.05, 0) is 19.8 Å². The van der Waals surface area contributed by atoms with Gasteiger partial charge in [0.1, 0.15) is 0 Å². The zero-order valence-electron chi connectivity index (χ0n) is 7.60. The van der Waals surface area contributed by atoms with Crippen LogP contribution in [0.3, 0.4) is 0 Å². The Kier molecular flexibility index (Phi) is 3.51. The van der Waals surface area contributed by atoms with E-state index in [0.29, 0.717) is 6.42 Å². The van der Waals surface area contributed by atoms with Crippen molar-refractivity contribution in [2.24, 2.45) is 0 Å². The number of nitrogens with one attached hydrogen (secondary N) is 1. The van der Waals surface area contributed by atoms with Crippen molar-refractivity contribution in [3.63, 3.8) is 0 Å². The second kappa shape index (κ2) is 4.44. The first-order chi connectivity index (χ1) is 5.77. The van der Waals surface area contributed by atoms with Gasteiger partial charge in [0, 0.05) is 26.1 Å².